The minimum Gasteiger partial charge on any atom is -0.480 e. The molecule has 140 valence electrons. The molecule has 0 bridgehead atoms. The predicted molar refractivity (Wildman–Crippen MR) is 110 cm³/mol. The summed E-state index contributed by atoms with van der Waals surface area (Å²) in [6.45, 7) is 1.88. The van der Waals surface area contributed by atoms with Gasteiger partial charge in [0.2, 0.25) is 0 Å². The molecule has 0 spiro atoms. The lowest BCUT2D eigenvalue weighted by molar-refractivity contribution is -0.123. The molecule has 0 saturated carbocycles. The number of fused-ring (bicyclic) bond motifs is 1. The first-order chi connectivity index (χ1) is 12.8. The Kier molecular flexibility index (Phi) is 6.33. The van der Waals surface area contributed by atoms with Gasteiger partial charge in [-0.2, -0.15) is 0 Å². The van der Waals surface area contributed by atoms with Crippen LogP contribution in [0, 0.1) is 6.92 Å². The molecule has 0 unspecified atom stereocenters. The van der Waals surface area contributed by atoms with Crippen LogP contribution in [-0.4, -0.2) is 17.5 Å². The molecule has 3 aromatic rings. The van der Waals surface area contributed by atoms with Crippen LogP contribution < -0.4 is 10.1 Å². The number of amides is 1. The number of aromatic nitrogens is 1. The van der Waals surface area contributed by atoms with Crippen molar-refractivity contribution >= 4 is 63.2 Å². The topological polar surface area (TPSA) is 51.2 Å². The molecule has 0 radical (unpaired) electrons. The van der Waals surface area contributed by atoms with Crippen molar-refractivity contribution in [1.29, 1.82) is 0 Å². The maximum Gasteiger partial charge on any atom is 0.258 e. The maximum atomic E-state index is 12.2. The van der Waals surface area contributed by atoms with Crippen LogP contribution in [0.2, 0.25) is 20.1 Å². The van der Waals surface area contributed by atoms with E-state index in [0.29, 0.717) is 36.7 Å². The highest BCUT2D eigenvalue weighted by Gasteiger charge is 2.15. The first-order valence-electron chi connectivity index (χ1n) is 7.94. The van der Waals surface area contributed by atoms with Crippen LogP contribution in [0.4, 0.5) is 0 Å². The Hall–Kier alpha value is -1.72. The third kappa shape index (κ3) is 4.77. The highest BCUT2D eigenvalue weighted by Crippen LogP contribution is 2.37. The van der Waals surface area contributed by atoms with Crippen molar-refractivity contribution in [2.45, 2.75) is 13.5 Å². The summed E-state index contributed by atoms with van der Waals surface area (Å²) in [6.07, 6.45) is 0. The highest BCUT2D eigenvalue weighted by atomic mass is 35.5. The highest BCUT2D eigenvalue weighted by molar-refractivity contribution is 6.39. The molecular weight excluding hydrogens is 430 g/mol. The summed E-state index contributed by atoms with van der Waals surface area (Å²) in [7, 11) is 0. The van der Waals surface area contributed by atoms with Crippen LogP contribution in [0.3, 0.4) is 0 Å². The Balaban J connectivity index is 1.71. The Labute approximate surface area is 176 Å². The first kappa shape index (κ1) is 20.0. The van der Waals surface area contributed by atoms with E-state index in [4.69, 9.17) is 51.1 Å². The van der Waals surface area contributed by atoms with Gasteiger partial charge in [-0.15, -0.1) is 0 Å². The molecule has 1 N–H and O–H groups in total. The number of hydrogen-bond acceptors (Lipinski definition) is 3. The zero-order valence-corrected chi connectivity index (χ0v) is 17.2. The van der Waals surface area contributed by atoms with E-state index >= 15 is 0 Å². The molecular formula is C19H14Cl4N2O2. The predicted octanol–water partition coefficient (Wildman–Crippen LogP) is 5.85. The SMILES string of the molecule is Cc1ccc2c(Cl)cc(Cl)c(OCC(=O)NCc3ccc(Cl)cc3Cl)c2n1. The van der Waals surface area contributed by atoms with Crippen molar-refractivity contribution in [3.63, 3.8) is 0 Å². The van der Waals surface area contributed by atoms with Crippen LogP contribution in [-0.2, 0) is 11.3 Å². The van der Waals surface area contributed by atoms with Gasteiger partial charge in [-0.25, -0.2) is 4.98 Å². The zero-order chi connectivity index (χ0) is 19.6. The fourth-order valence-electron chi connectivity index (χ4n) is 2.48. The van der Waals surface area contributed by atoms with Crippen LogP contribution in [0.1, 0.15) is 11.3 Å². The number of aryl methyl sites for hydroxylation is 1. The lowest BCUT2D eigenvalue weighted by Gasteiger charge is -2.13. The van der Waals surface area contributed by atoms with E-state index in [1.165, 1.54) is 0 Å². The fraction of sp³-hybridized carbons (Fsp3) is 0.158. The van der Waals surface area contributed by atoms with E-state index in [-0.39, 0.29) is 19.1 Å². The number of carbonyl (C=O) groups excluding carboxylic acids is 1. The lowest BCUT2D eigenvalue weighted by atomic mass is 10.2. The summed E-state index contributed by atoms with van der Waals surface area (Å²) >= 11 is 24.4. The molecule has 0 saturated heterocycles. The summed E-state index contributed by atoms with van der Waals surface area (Å²) in [4.78, 5) is 16.6. The normalized spacial score (nSPS) is 10.9. The van der Waals surface area contributed by atoms with Gasteiger partial charge in [-0.05, 0) is 42.8 Å². The monoisotopic (exact) mass is 442 g/mol. The summed E-state index contributed by atoms with van der Waals surface area (Å²) in [5, 5.41) is 5.22. The van der Waals surface area contributed by atoms with E-state index in [9.17, 15) is 4.79 Å². The van der Waals surface area contributed by atoms with Gasteiger partial charge in [-0.1, -0.05) is 52.5 Å². The molecule has 1 heterocycles. The average molecular weight is 444 g/mol. The zero-order valence-electron chi connectivity index (χ0n) is 14.2. The Morgan fingerprint density at radius 2 is 1.81 bits per heavy atom. The third-order valence-electron chi connectivity index (χ3n) is 3.82. The van der Waals surface area contributed by atoms with Crippen molar-refractivity contribution in [1.82, 2.24) is 10.3 Å². The number of pyridine rings is 1. The molecule has 0 aliphatic rings. The fourth-order valence-corrected chi connectivity index (χ4v) is 3.52. The van der Waals surface area contributed by atoms with Crippen LogP contribution in [0.5, 0.6) is 5.75 Å². The summed E-state index contributed by atoms with van der Waals surface area (Å²) in [6, 6.07) is 10.3. The standard InChI is InChI=1S/C19H14Cl4N2O2/c1-10-2-5-13-15(22)7-16(23)19(18(13)25-10)27-9-17(26)24-8-11-3-4-12(20)6-14(11)21/h2-7H,8-9H2,1H3,(H,24,26). The lowest BCUT2D eigenvalue weighted by Crippen LogP contribution is -2.28. The second kappa shape index (κ2) is 8.53. The van der Waals surface area contributed by atoms with Gasteiger partial charge in [0.25, 0.3) is 5.91 Å². The summed E-state index contributed by atoms with van der Waals surface area (Å²) in [5.74, 6) is -0.00715. The summed E-state index contributed by atoms with van der Waals surface area (Å²) in [5.41, 5.74) is 2.05. The van der Waals surface area contributed by atoms with Crippen LogP contribution in [0.25, 0.3) is 10.9 Å². The van der Waals surface area contributed by atoms with E-state index in [1.807, 2.05) is 19.1 Å². The van der Waals surface area contributed by atoms with Crippen molar-refractivity contribution in [2.24, 2.45) is 0 Å². The molecule has 4 nitrogen and oxygen atoms in total. The van der Waals surface area contributed by atoms with Crippen LogP contribution in [0.15, 0.2) is 36.4 Å². The van der Waals surface area contributed by atoms with Gasteiger partial charge >= 0.3 is 0 Å². The number of hydrogen-bond donors (Lipinski definition) is 1. The second-order valence-corrected chi connectivity index (χ2v) is 7.48. The number of nitrogens with zero attached hydrogens (tertiary/aromatic N) is 1. The largest absolute Gasteiger partial charge is 0.480 e. The van der Waals surface area contributed by atoms with Crippen LogP contribution >= 0.6 is 46.4 Å². The third-order valence-corrected chi connectivity index (χ3v) is 5.00. The average Bonchev–Trinajstić information content (AvgIpc) is 2.60. The smallest absolute Gasteiger partial charge is 0.258 e. The molecule has 2 aromatic carbocycles. The number of benzene rings is 2. The molecule has 0 fully saturated rings. The molecule has 1 amide bonds. The van der Waals surface area contributed by atoms with Gasteiger partial charge in [0.15, 0.2) is 12.4 Å². The van der Waals surface area contributed by atoms with Gasteiger partial charge < -0.3 is 10.1 Å². The van der Waals surface area contributed by atoms with E-state index < -0.39 is 0 Å². The molecule has 0 aliphatic heterocycles. The number of ether oxygens (including phenoxy) is 1. The maximum absolute atomic E-state index is 12.2. The minimum absolute atomic E-state index is 0.225. The molecule has 0 aliphatic carbocycles. The van der Waals surface area contributed by atoms with E-state index in [0.717, 1.165) is 11.3 Å². The molecule has 0 atom stereocenters. The second-order valence-electron chi connectivity index (χ2n) is 5.82. The molecule has 8 heteroatoms. The van der Waals surface area contributed by atoms with Gasteiger partial charge in [0.05, 0.1) is 10.0 Å². The Bertz CT molecular complexity index is 1020. The van der Waals surface area contributed by atoms with Crippen molar-refractivity contribution < 1.29 is 9.53 Å². The Morgan fingerprint density at radius 3 is 2.56 bits per heavy atom. The number of halogens is 4. The van der Waals surface area contributed by atoms with E-state index in [2.05, 4.69) is 10.3 Å². The van der Waals surface area contributed by atoms with Crippen molar-refractivity contribution in [3.8, 4) is 5.75 Å². The Morgan fingerprint density at radius 1 is 1.04 bits per heavy atom. The van der Waals surface area contributed by atoms with Crippen molar-refractivity contribution in [3.05, 3.63) is 67.7 Å². The summed E-state index contributed by atoms with van der Waals surface area (Å²) < 4.78 is 5.64. The molecule has 1 aromatic heterocycles. The van der Waals surface area contributed by atoms with Gasteiger partial charge in [0.1, 0.15) is 5.52 Å². The number of carbonyl (C=O) groups is 1. The number of rotatable bonds is 5. The minimum atomic E-state index is -0.326. The van der Waals surface area contributed by atoms with Crippen molar-refractivity contribution in [2.75, 3.05) is 6.61 Å². The molecule has 3 rings (SSSR count). The number of nitrogens with one attached hydrogen (secondary N) is 1. The van der Waals surface area contributed by atoms with Gasteiger partial charge in [-0.3, -0.25) is 4.79 Å². The van der Waals surface area contributed by atoms with Gasteiger partial charge in [0, 0.05) is 27.7 Å². The quantitative estimate of drug-likeness (QED) is 0.537. The van der Waals surface area contributed by atoms with E-state index in [1.54, 1.807) is 24.3 Å². The first-order valence-corrected chi connectivity index (χ1v) is 9.45. The molecule has 27 heavy (non-hydrogen) atoms.